The first kappa shape index (κ1) is 31.2. The van der Waals surface area contributed by atoms with Gasteiger partial charge in [0.2, 0.25) is 5.91 Å². The molecule has 0 fully saturated rings. The van der Waals surface area contributed by atoms with Crippen LogP contribution in [0.3, 0.4) is 0 Å². The molecule has 0 radical (unpaired) electrons. The lowest BCUT2D eigenvalue weighted by atomic mass is 10.1. The molecule has 0 aliphatic carbocycles. The van der Waals surface area contributed by atoms with Crippen LogP contribution in [0.4, 0.5) is 0 Å². The molecular formula is C21H53N2O4Si4+. The van der Waals surface area contributed by atoms with Crippen molar-refractivity contribution < 1.29 is 23.4 Å². The lowest BCUT2D eigenvalue weighted by molar-refractivity contribution is -0.858. The van der Waals surface area contributed by atoms with Crippen LogP contribution in [-0.4, -0.2) is 76.0 Å². The Labute approximate surface area is 196 Å². The van der Waals surface area contributed by atoms with Crippen molar-refractivity contribution in [1.82, 2.24) is 5.32 Å². The van der Waals surface area contributed by atoms with Gasteiger partial charge in [0.15, 0.2) is 33.3 Å². The maximum Gasteiger partial charge on any atom is 0.219 e. The molecule has 0 aliphatic rings. The van der Waals surface area contributed by atoms with Gasteiger partial charge in [-0.2, -0.15) is 0 Å². The Balaban J connectivity index is 4.69. The van der Waals surface area contributed by atoms with E-state index in [4.69, 9.17) is 4.12 Å². The number of rotatable bonds is 17. The highest BCUT2D eigenvalue weighted by molar-refractivity contribution is 7.00. The number of hydrogen-bond donors (Lipinski definition) is 4. The van der Waals surface area contributed by atoms with E-state index in [2.05, 4.69) is 39.1 Å². The van der Waals surface area contributed by atoms with Gasteiger partial charge in [-0.1, -0.05) is 6.42 Å². The Hall–Kier alpha value is 0.178. The summed E-state index contributed by atoms with van der Waals surface area (Å²) in [4.78, 5) is 35.2. The summed E-state index contributed by atoms with van der Waals surface area (Å²) in [5, 5.41) is 3.09. The number of amides is 1. The van der Waals surface area contributed by atoms with Crippen molar-refractivity contribution in [2.75, 3.05) is 27.2 Å². The fourth-order valence-electron chi connectivity index (χ4n) is 4.43. The number of quaternary nitrogens is 1. The molecule has 4 N–H and O–H groups in total. The van der Waals surface area contributed by atoms with Crippen LogP contribution in [0.15, 0.2) is 0 Å². The van der Waals surface area contributed by atoms with Crippen molar-refractivity contribution in [3.63, 3.8) is 0 Å². The molecule has 0 aliphatic heterocycles. The molecular weight excluding hydrogens is 457 g/mol. The second-order valence-electron chi connectivity index (χ2n) is 12.0. The van der Waals surface area contributed by atoms with E-state index < -0.39 is 33.3 Å². The van der Waals surface area contributed by atoms with Gasteiger partial charge >= 0.3 is 0 Å². The fourth-order valence-corrected chi connectivity index (χ4v) is 28.4. The molecule has 0 aromatic heterocycles. The van der Waals surface area contributed by atoms with Crippen molar-refractivity contribution in [3.8, 4) is 0 Å². The summed E-state index contributed by atoms with van der Waals surface area (Å²) in [5.41, 5.74) is 1.54. The van der Waals surface area contributed by atoms with Crippen LogP contribution in [0.25, 0.3) is 0 Å². The Morgan fingerprint density at radius 1 is 0.839 bits per heavy atom. The first-order valence-corrected chi connectivity index (χ1v) is 24.4. The summed E-state index contributed by atoms with van der Waals surface area (Å²) in [5.74, 6) is 0.144. The molecule has 0 bridgehead atoms. The van der Waals surface area contributed by atoms with Gasteiger partial charge in [0.05, 0.1) is 20.6 Å². The highest BCUT2D eigenvalue weighted by Crippen LogP contribution is 2.34. The molecule has 10 heteroatoms. The average molecular weight is 510 g/mol. The lowest BCUT2D eigenvalue weighted by Gasteiger charge is -2.42. The van der Waals surface area contributed by atoms with E-state index in [1.165, 1.54) is 24.3 Å². The minimum atomic E-state index is -2.33. The van der Waals surface area contributed by atoms with Crippen molar-refractivity contribution in [2.45, 2.75) is 102 Å². The Kier molecular flexibility index (Phi) is 13.9. The van der Waals surface area contributed by atoms with Gasteiger partial charge in [0.25, 0.3) is 0 Å². The maximum absolute atomic E-state index is 12.2. The number of carbonyl (C=O) groups is 1. The smallest absolute Gasteiger partial charge is 0.219 e. The number of hydrogen-bond acceptors (Lipinski definition) is 4. The van der Waals surface area contributed by atoms with Crippen molar-refractivity contribution in [3.05, 3.63) is 0 Å². The van der Waals surface area contributed by atoms with Gasteiger partial charge in [-0.3, -0.25) is 4.79 Å². The van der Waals surface area contributed by atoms with E-state index in [-0.39, 0.29) is 5.91 Å². The largest absolute Gasteiger partial charge is 0.456 e. The Morgan fingerprint density at radius 3 is 1.81 bits per heavy atom. The van der Waals surface area contributed by atoms with E-state index in [1.807, 2.05) is 26.2 Å². The molecule has 0 saturated carbocycles. The Morgan fingerprint density at radius 2 is 1.35 bits per heavy atom. The summed E-state index contributed by atoms with van der Waals surface area (Å²) in [6.45, 7) is 16.4. The first-order chi connectivity index (χ1) is 13.9. The van der Waals surface area contributed by atoms with Crippen molar-refractivity contribution in [2.24, 2.45) is 0 Å². The van der Waals surface area contributed by atoms with Crippen LogP contribution >= 0.6 is 0 Å². The predicted octanol–water partition coefficient (Wildman–Crippen LogP) is 2.86. The molecule has 31 heavy (non-hydrogen) atoms. The zero-order valence-corrected chi connectivity index (χ0v) is 26.0. The molecule has 6 nitrogen and oxygen atoms in total. The standard InChI is InChI=1S/C21H52N2O4Si4/c1-23(2)17-13-11-10-12-15-21(24)22-16-14-18-31(19-29(6,7)25,20-30(8,9)26)27-28(3,4)5/h25-26H,10-20H2,1-9H3,(H,22,24)/p+1. The molecule has 186 valence electrons. The van der Waals surface area contributed by atoms with Crippen LogP contribution in [0, 0.1) is 0 Å². The monoisotopic (exact) mass is 509 g/mol. The van der Waals surface area contributed by atoms with Gasteiger partial charge in [0, 0.05) is 13.0 Å². The zero-order chi connectivity index (χ0) is 24.3. The van der Waals surface area contributed by atoms with Crippen molar-refractivity contribution >= 4 is 39.2 Å². The van der Waals surface area contributed by atoms with Gasteiger partial charge in [-0.15, -0.1) is 0 Å². The summed E-state index contributed by atoms with van der Waals surface area (Å²) in [6.07, 6.45) is 5.97. The molecule has 0 unspecified atom stereocenters. The third kappa shape index (κ3) is 19.4. The quantitative estimate of drug-likeness (QED) is 0.179. The Bertz CT molecular complexity index is 474. The van der Waals surface area contributed by atoms with Gasteiger partial charge in [-0.05, 0) is 88.9 Å². The van der Waals surface area contributed by atoms with Gasteiger partial charge < -0.3 is 23.9 Å². The third-order valence-corrected chi connectivity index (χ3v) is 22.5. The summed E-state index contributed by atoms with van der Waals surface area (Å²) in [6, 6.07) is 0.901. The maximum atomic E-state index is 12.2. The minimum Gasteiger partial charge on any atom is -0.456 e. The SMILES string of the molecule is C[NH+](C)CCCCCCC(=O)NCCC[Si](C[Si](C)(C)O)(C[Si](C)(C)O)O[Si](C)(C)C. The predicted molar refractivity (Wildman–Crippen MR) is 142 cm³/mol. The molecule has 1 amide bonds. The number of carbonyl (C=O) groups excluding carboxylic acids is 1. The van der Waals surface area contributed by atoms with E-state index in [9.17, 15) is 14.4 Å². The number of nitrogens with one attached hydrogen (secondary N) is 2. The second-order valence-corrected chi connectivity index (χ2v) is 29.9. The topological polar surface area (TPSA) is 83.2 Å². The first-order valence-electron chi connectivity index (χ1n) is 12.1. The summed E-state index contributed by atoms with van der Waals surface area (Å²) < 4.78 is 6.82. The van der Waals surface area contributed by atoms with Crippen LogP contribution < -0.4 is 10.2 Å². The molecule has 0 heterocycles. The van der Waals surface area contributed by atoms with E-state index >= 15 is 0 Å². The molecule has 0 saturated heterocycles. The van der Waals surface area contributed by atoms with Crippen molar-refractivity contribution in [1.29, 1.82) is 0 Å². The highest BCUT2D eigenvalue weighted by atomic mass is 28.5. The third-order valence-electron chi connectivity index (χ3n) is 4.99. The fraction of sp³-hybridized carbons (Fsp3) is 0.952. The summed E-state index contributed by atoms with van der Waals surface area (Å²) >= 11 is 0. The summed E-state index contributed by atoms with van der Waals surface area (Å²) in [7, 11) is -4.42. The van der Waals surface area contributed by atoms with Crippen LogP contribution in [0.2, 0.25) is 63.2 Å². The average Bonchev–Trinajstić information content (AvgIpc) is 2.49. The van der Waals surface area contributed by atoms with Gasteiger partial charge in [-0.25, -0.2) is 0 Å². The minimum absolute atomic E-state index is 0.144. The zero-order valence-electron chi connectivity index (χ0n) is 22.0. The van der Waals surface area contributed by atoms with Crippen LogP contribution in [0.1, 0.15) is 38.5 Å². The molecule has 0 aromatic carbocycles. The second kappa shape index (κ2) is 13.8. The molecule has 0 atom stereocenters. The molecule has 0 rings (SSSR count). The highest BCUT2D eigenvalue weighted by Gasteiger charge is 2.46. The van der Waals surface area contributed by atoms with Gasteiger partial charge in [0.1, 0.15) is 0 Å². The normalized spacial score (nSPS) is 13.7. The van der Waals surface area contributed by atoms with E-state index in [0.29, 0.717) is 13.0 Å². The van der Waals surface area contributed by atoms with Crippen LogP contribution in [0.5, 0.6) is 0 Å². The van der Waals surface area contributed by atoms with Crippen LogP contribution in [-0.2, 0) is 8.91 Å². The lowest BCUT2D eigenvalue weighted by Crippen LogP contribution is -3.05. The molecule has 0 spiro atoms. The molecule has 0 aromatic rings. The van der Waals surface area contributed by atoms with E-state index in [0.717, 1.165) is 36.6 Å². The van der Waals surface area contributed by atoms with E-state index in [1.54, 1.807) is 0 Å². The number of unbranched alkanes of at least 4 members (excludes halogenated alkanes) is 3.